The zero-order valence-corrected chi connectivity index (χ0v) is 16.9. The van der Waals surface area contributed by atoms with E-state index in [-0.39, 0.29) is 36.6 Å². The van der Waals surface area contributed by atoms with Gasteiger partial charge in [-0.15, -0.1) is 24.8 Å². The minimum Gasteiger partial charge on any atom is -0.381 e. The number of rotatable bonds is 5. The van der Waals surface area contributed by atoms with Crippen LogP contribution in [0.4, 0.5) is 5.69 Å². The smallest absolute Gasteiger partial charge is 0.255 e. The molecular weight excluding hydrogens is 403 g/mol. The molecule has 0 bridgehead atoms. The summed E-state index contributed by atoms with van der Waals surface area (Å²) in [5.74, 6) is -0.406. The van der Waals surface area contributed by atoms with Crippen LogP contribution in [-0.2, 0) is 16.1 Å². The summed E-state index contributed by atoms with van der Waals surface area (Å²) in [7, 11) is 0. The highest BCUT2D eigenvalue weighted by atomic mass is 35.5. The number of amides is 2. The van der Waals surface area contributed by atoms with Crippen molar-refractivity contribution in [2.24, 2.45) is 5.73 Å². The van der Waals surface area contributed by atoms with Crippen molar-refractivity contribution < 1.29 is 14.3 Å². The van der Waals surface area contributed by atoms with Crippen molar-refractivity contribution in [1.82, 2.24) is 10.3 Å². The minimum absolute atomic E-state index is 0. The highest BCUT2D eigenvalue weighted by Crippen LogP contribution is 2.18. The molecule has 1 aliphatic heterocycles. The predicted molar refractivity (Wildman–Crippen MR) is 112 cm³/mol. The van der Waals surface area contributed by atoms with E-state index in [1.54, 1.807) is 42.7 Å². The maximum atomic E-state index is 12.4. The number of aromatic nitrogens is 1. The average molecular weight is 427 g/mol. The molecule has 2 amide bonds. The van der Waals surface area contributed by atoms with E-state index in [0.717, 1.165) is 5.56 Å². The number of hydrogen-bond donors (Lipinski definition) is 3. The lowest BCUT2D eigenvalue weighted by atomic mass is 9.90. The maximum Gasteiger partial charge on any atom is 0.255 e. The molecule has 1 fully saturated rings. The molecule has 0 saturated carbocycles. The van der Waals surface area contributed by atoms with Crippen LogP contribution in [0, 0.1) is 0 Å². The largest absolute Gasteiger partial charge is 0.381 e. The summed E-state index contributed by atoms with van der Waals surface area (Å²) in [6, 6.07) is 10.6. The highest BCUT2D eigenvalue weighted by Gasteiger charge is 2.35. The van der Waals surface area contributed by atoms with E-state index in [0.29, 0.717) is 43.9 Å². The van der Waals surface area contributed by atoms with Crippen LogP contribution in [0.25, 0.3) is 0 Å². The normalized spacial score (nSPS) is 14.8. The Bertz CT molecular complexity index is 784. The van der Waals surface area contributed by atoms with Crippen LogP contribution < -0.4 is 16.4 Å². The van der Waals surface area contributed by atoms with Gasteiger partial charge in [0.2, 0.25) is 5.91 Å². The lowest BCUT2D eigenvalue weighted by molar-refractivity contribution is -0.129. The number of benzene rings is 1. The number of halogens is 2. The van der Waals surface area contributed by atoms with Crippen LogP contribution in [0.15, 0.2) is 48.8 Å². The number of ether oxygens (including phenoxy) is 1. The molecule has 0 radical (unpaired) electrons. The number of nitrogens with one attached hydrogen (secondary N) is 2. The third-order valence-electron chi connectivity index (χ3n) is 4.42. The Kier molecular flexibility index (Phi) is 9.34. The number of nitrogens with two attached hydrogens (primary N) is 1. The van der Waals surface area contributed by atoms with Gasteiger partial charge in [0.1, 0.15) is 0 Å². The molecule has 9 heteroatoms. The fraction of sp³-hybridized carbons (Fsp3) is 0.316. The second-order valence-corrected chi connectivity index (χ2v) is 6.34. The first-order valence-electron chi connectivity index (χ1n) is 8.52. The average Bonchev–Trinajstić information content (AvgIpc) is 2.67. The van der Waals surface area contributed by atoms with E-state index >= 15 is 0 Å². The Balaban J connectivity index is 0.00000196. The number of hydrogen-bond acceptors (Lipinski definition) is 5. The highest BCUT2D eigenvalue weighted by molar-refractivity contribution is 6.04. The zero-order valence-electron chi connectivity index (χ0n) is 15.2. The van der Waals surface area contributed by atoms with Gasteiger partial charge in [-0.2, -0.15) is 0 Å². The Morgan fingerprint density at radius 2 is 1.79 bits per heavy atom. The van der Waals surface area contributed by atoms with E-state index in [4.69, 9.17) is 10.5 Å². The van der Waals surface area contributed by atoms with E-state index in [1.807, 2.05) is 6.07 Å². The van der Waals surface area contributed by atoms with Gasteiger partial charge in [-0.05, 0) is 42.7 Å². The van der Waals surface area contributed by atoms with Gasteiger partial charge < -0.3 is 21.1 Å². The van der Waals surface area contributed by atoms with Gasteiger partial charge in [0, 0.05) is 43.4 Å². The molecule has 1 aromatic carbocycles. The lowest BCUT2D eigenvalue weighted by Gasteiger charge is -2.31. The summed E-state index contributed by atoms with van der Waals surface area (Å²) in [4.78, 5) is 28.6. The number of anilines is 1. The van der Waals surface area contributed by atoms with Crippen LogP contribution >= 0.6 is 24.8 Å². The molecule has 1 aliphatic rings. The molecule has 0 atom stereocenters. The summed E-state index contributed by atoms with van der Waals surface area (Å²) >= 11 is 0. The molecule has 152 valence electrons. The summed E-state index contributed by atoms with van der Waals surface area (Å²) in [5, 5.41) is 5.67. The van der Waals surface area contributed by atoms with Gasteiger partial charge in [0.05, 0.1) is 5.54 Å². The van der Waals surface area contributed by atoms with Gasteiger partial charge in [-0.3, -0.25) is 14.6 Å². The van der Waals surface area contributed by atoms with E-state index < -0.39 is 5.54 Å². The minimum atomic E-state index is -0.880. The third kappa shape index (κ3) is 6.17. The second-order valence-electron chi connectivity index (χ2n) is 6.34. The molecule has 28 heavy (non-hydrogen) atoms. The molecule has 3 rings (SSSR count). The van der Waals surface area contributed by atoms with Crippen molar-refractivity contribution in [3.63, 3.8) is 0 Å². The van der Waals surface area contributed by atoms with Crippen molar-refractivity contribution >= 4 is 42.3 Å². The van der Waals surface area contributed by atoms with Crippen LogP contribution in [0.5, 0.6) is 0 Å². The molecule has 2 heterocycles. The SMILES string of the molecule is Cl.Cl.NC1(C(=O)NCc2cccc(C(=O)Nc3ccncc3)c2)CCOCC1. The topological polar surface area (TPSA) is 106 Å². The fourth-order valence-corrected chi connectivity index (χ4v) is 2.78. The first kappa shape index (κ1) is 23.8. The van der Waals surface area contributed by atoms with Gasteiger partial charge >= 0.3 is 0 Å². The Morgan fingerprint density at radius 3 is 2.46 bits per heavy atom. The van der Waals surface area contributed by atoms with Gasteiger partial charge in [0.25, 0.3) is 5.91 Å². The monoisotopic (exact) mass is 426 g/mol. The molecule has 2 aromatic rings. The Hall–Kier alpha value is -2.19. The Labute approximate surface area is 176 Å². The molecule has 0 unspecified atom stereocenters. The number of carbonyl (C=O) groups is 2. The molecule has 1 aromatic heterocycles. The van der Waals surface area contributed by atoms with Gasteiger partial charge in [0.15, 0.2) is 0 Å². The van der Waals surface area contributed by atoms with Gasteiger partial charge in [-0.25, -0.2) is 0 Å². The number of pyridine rings is 1. The molecule has 0 spiro atoms. The van der Waals surface area contributed by atoms with Crippen LogP contribution in [0.2, 0.25) is 0 Å². The van der Waals surface area contributed by atoms with Crippen molar-refractivity contribution in [2.75, 3.05) is 18.5 Å². The maximum absolute atomic E-state index is 12.4. The van der Waals surface area contributed by atoms with Crippen molar-refractivity contribution in [2.45, 2.75) is 24.9 Å². The summed E-state index contributed by atoms with van der Waals surface area (Å²) < 4.78 is 5.26. The first-order chi connectivity index (χ1) is 12.6. The van der Waals surface area contributed by atoms with Crippen molar-refractivity contribution in [1.29, 1.82) is 0 Å². The van der Waals surface area contributed by atoms with Gasteiger partial charge in [-0.1, -0.05) is 12.1 Å². The summed E-state index contributed by atoms with van der Waals surface area (Å²) in [6.07, 6.45) is 4.24. The van der Waals surface area contributed by atoms with E-state index in [2.05, 4.69) is 15.6 Å². The second kappa shape index (κ2) is 11.0. The third-order valence-corrected chi connectivity index (χ3v) is 4.42. The van der Waals surface area contributed by atoms with Crippen molar-refractivity contribution in [3.05, 3.63) is 59.9 Å². The summed E-state index contributed by atoms with van der Waals surface area (Å²) in [5.41, 5.74) is 7.31. The first-order valence-corrected chi connectivity index (χ1v) is 8.52. The fourth-order valence-electron chi connectivity index (χ4n) is 2.78. The quantitative estimate of drug-likeness (QED) is 0.679. The molecule has 7 nitrogen and oxygen atoms in total. The van der Waals surface area contributed by atoms with E-state index in [9.17, 15) is 9.59 Å². The molecule has 0 aliphatic carbocycles. The lowest BCUT2D eigenvalue weighted by Crippen LogP contribution is -2.56. The predicted octanol–water partition coefficient (Wildman–Crippen LogP) is 2.30. The van der Waals surface area contributed by atoms with Crippen LogP contribution in [-0.4, -0.2) is 35.6 Å². The molecular formula is C19H24Cl2N4O3. The van der Waals surface area contributed by atoms with Crippen molar-refractivity contribution in [3.8, 4) is 0 Å². The van der Waals surface area contributed by atoms with Crippen LogP contribution in [0.3, 0.4) is 0 Å². The number of carbonyl (C=O) groups excluding carboxylic acids is 2. The van der Waals surface area contributed by atoms with E-state index in [1.165, 1.54) is 0 Å². The van der Waals surface area contributed by atoms with Crippen LogP contribution in [0.1, 0.15) is 28.8 Å². The zero-order chi connectivity index (χ0) is 18.4. The Morgan fingerprint density at radius 1 is 1.11 bits per heavy atom. The molecule has 4 N–H and O–H groups in total. The molecule has 1 saturated heterocycles. The summed E-state index contributed by atoms with van der Waals surface area (Å²) in [6.45, 7) is 1.30. The number of nitrogens with zero attached hydrogens (tertiary/aromatic N) is 1. The standard InChI is InChI=1S/C19H22N4O3.2ClH/c20-19(6-10-26-11-7-19)18(25)22-13-14-2-1-3-15(12-14)17(24)23-16-4-8-21-9-5-16;;/h1-5,8-9,12H,6-7,10-11,13,20H2,(H,22,25)(H,21,23,24);2*1H.